The van der Waals surface area contributed by atoms with Crippen molar-refractivity contribution in [2.24, 2.45) is 11.8 Å². The fourth-order valence-corrected chi connectivity index (χ4v) is 3.37. The molecule has 2 rings (SSSR count). The lowest BCUT2D eigenvalue weighted by atomic mass is 10.0. The van der Waals surface area contributed by atoms with Crippen molar-refractivity contribution in [3.05, 3.63) is 0 Å². The van der Waals surface area contributed by atoms with Crippen molar-refractivity contribution in [2.45, 2.75) is 39.0 Å². The molecule has 0 spiro atoms. The number of unbranched alkanes of at least 4 members (excludes halogenated alkanes) is 1. The van der Waals surface area contributed by atoms with Gasteiger partial charge in [0.2, 0.25) is 0 Å². The minimum Gasteiger partial charge on any atom is -0.380 e. The van der Waals surface area contributed by atoms with Gasteiger partial charge in [0.1, 0.15) is 0 Å². The van der Waals surface area contributed by atoms with Gasteiger partial charge in [0, 0.05) is 39.3 Å². The summed E-state index contributed by atoms with van der Waals surface area (Å²) in [5.41, 5.74) is 0. The van der Waals surface area contributed by atoms with E-state index in [1.165, 1.54) is 51.7 Å². The van der Waals surface area contributed by atoms with Crippen LogP contribution in [0.1, 0.15) is 39.0 Å². The third kappa shape index (κ3) is 4.52. The summed E-state index contributed by atoms with van der Waals surface area (Å²) < 4.78 is 5.53. The summed E-state index contributed by atoms with van der Waals surface area (Å²) in [5, 5.41) is 3.49. The zero-order valence-corrected chi connectivity index (χ0v) is 12.0. The van der Waals surface area contributed by atoms with Crippen LogP contribution in [0.3, 0.4) is 0 Å². The van der Waals surface area contributed by atoms with Crippen molar-refractivity contribution in [3.63, 3.8) is 0 Å². The average molecular weight is 254 g/mol. The first-order valence-electron chi connectivity index (χ1n) is 7.91. The Bertz CT molecular complexity index is 211. The van der Waals surface area contributed by atoms with Gasteiger partial charge in [-0.3, -0.25) is 0 Å². The van der Waals surface area contributed by atoms with Crippen molar-refractivity contribution in [1.82, 2.24) is 10.2 Å². The van der Waals surface area contributed by atoms with Crippen LogP contribution in [0, 0.1) is 11.8 Å². The van der Waals surface area contributed by atoms with Crippen molar-refractivity contribution in [1.29, 1.82) is 0 Å². The van der Waals surface area contributed by atoms with E-state index in [0.29, 0.717) is 0 Å². The largest absolute Gasteiger partial charge is 0.380 e. The van der Waals surface area contributed by atoms with Crippen LogP contribution in [-0.4, -0.2) is 50.8 Å². The van der Waals surface area contributed by atoms with Crippen molar-refractivity contribution >= 4 is 0 Å². The lowest BCUT2D eigenvalue weighted by molar-refractivity contribution is 0.132. The van der Waals surface area contributed by atoms with E-state index in [9.17, 15) is 0 Å². The van der Waals surface area contributed by atoms with E-state index in [1.807, 2.05) is 0 Å². The molecular formula is C15H30N2O. The molecule has 0 aromatic heterocycles. The first-order valence-corrected chi connectivity index (χ1v) is 7.91. The van der Waals surface area contributed by atoms with Gasteiger partial charge in [0.05, 0.1) is 6.61 Å². The third-order valence-electron chi connectivity index (χ3n) is 4.47. The summed E-state index contributed by atoms with van der Waals surface area (Å²) in [6.07, 6.45) is 6.87. The molecule has 1 aliphatic carbocycles. The topological polar surface area (TPSA) is 24.5 Å². The molecule has 0 bridgehead atoms. The van der Waals surface area contributed by atoms with E-state index in [2.05, 4.69) is 17.1 Å². The zero-order valence-electron chi connectivity index (χ0n) is 12.0. The Morgan fingerprint density at radius 1 is 1.11 bits per heavy atom. The Labute approximate surface area is 112 Å². The van der Waals surface area contributed by atoms with Gasteiger partial charge < -0.3 is 15.0 Å². The van der Waals surface area contributed by atoms with Crippen molar-refractivity contribution in [2.75, 3.05) is 45.9 Å². The Balaban J connectivity index is 1.40. The predicted octanol–water partition coefficient (Wildman–Crippen LogP) is 2.12. The molecule has 0 radical (unpaired) electrons. The normalized spacial score (nSPS) is 27.8. The highest BCUT2D eigenvalue weighted by Crippen LogP contribution is 2.37. The number of likely N-dealkylation sites (tertiary alicyclic amines) is 1. The number of hydrogen-bond acceptors (Lipinski definition) is 3. The molecule has 1 saturated heterocycles. The van der Waals surface area contributed by atoms with Crippen LogP contribution in [0.25, 0.3) is 0 Å². The Morgan fingerprint density at radius 3 is 2.61 bits per heavy atom. The summed E-state index contributed by atoms with van der Waals surface area (Å²) in [6, 6.07) is 0. The minimum atomic E-state index is 0.866. The molecule has 0 amide bonds. The van der Waals surface area contributed by atoms with E-state index in [-0.39, 0.29) is 0 Å². The minimum absolute atomic E-state index is 0.866. The van der Waals surface area contributed by atoms with E-state index in [0.717, 1.165) is 38.1 Å². The highest BCUT2D eigenvalue weighted by Gasteiger charge is 2.35. The second-order valence-corrected chi connectivity index (χ2v) is 5.93. The van der Waals surface area contributed by atoms with Gasteiger partial charge >= 0.3 is 0 Å². The van der Waals surface area contributed by atoms with Crippen LogP contribution in [0.15, 0.2) is 0 Å². The molecule has 2 unspecified atom stereocenters. The second-order valence-electron chi connectivity index (χ2n) is 5.93. The van der Waals surface area contributed by atoms with Gasteiger partial charge in [0.25, 0.3) is 0 Å². The molecule has 0 aromatic carbocycles. The Hall–Kier alpha value is -0.120. The Kier molecular flexibility index (Phi) is 6.46. The molecule has 2 fully saturated rings. The predicted molar refractivity (Wildman–Crippen MR) is 75.9 cm³/mol. The molecule has 1 saturated carbocycles. The maximum atomic E-state index is 5.53. The first kappa shape index (κ1) is 14.3. The first-order chi connectivity index (χ1) is 8.90. The van der Waals surface area contributed by atoms with Crippen LogP contribution >= 0.6 is 0 Å². The number of hydrogen-bond donors (Lipinski definition) is 1. The van der Waals surface area contributed by atoms with Crippen molar-refractivity contribution in [3.8, 4) is 0 Å². The van der Waals surface area contributed by atoms with Crippen LogP contribution < -0.4 is 5.32 Å². The van der Waals surface area contributed by atoms with Gasteiger partial charge in [-0.15, -0.1) is 0 Å². The Morgan fingerprint density at radius 2 is 1.89 bits per heavy atom. The number of nitrogens with one attached hydrogen (secondary N) is 1. The second kappa shape index (κ2) is 8.13. The highest BCUT2D eigenvalue weighted by molar-refractivity contribution is 4.88. The maximum absolute atomic E-state index is 5.53. The standard InChI is InChI=1S/C15H30N2O/c1-2-3-10-18-11-8-16-7-9-17-12-14-5-4-6-15(14)13-17/h14-16H,2-13H2,1H3. The van der Waals surface area contributed by atoms with Gasteiger partial charge in [-0.2, -0.15) is 0 Å². The number of rotatable bonds is 9. The average Bonchev–Trinajstić information content (AvgIpc) is 2.93. The molecule has 1 heterocycles. The molecule has 2 atom stereocenters. The summed E-state index contributed by atoms with van der Waals surface area (Å²) >= 11 is 0. The fourth-order valence-electron chi connectivity index (χ4n) is 3.37. The smallest absolute Gasteiger partial charge is 0.0590 e. The van der Waals surface area contributed by atoms with Gasteiger partial charge in [-0.05, 0) is 31.1 Å². The summed E-state index contributed by atoms with van der Waals surface area (Å²) in [6.45, 7) is 10.1. The van der Waals surface area contributed by atoms with E-state index in [4.69, 9.17) is 4.74 Å². The van der Waals surface area contributed by atoms with Crippen LogP contribution in [0.5, 0.6) is 0 Å². The SMILES string of the molecule is CCCCOCCNCCN1CC2CCCC2C1. The van der Waals surface area contributed by atoms with E-state index >= 15 is 0 Å². The molecule has 3 nitrogen and oxygen atoms in total. The van der Waals surface area contributed by atoms with E-state index < -0.39 is 0 Å². The molecular weight excluding hydrogens is 224 g/mol. The van der Waals surface area contributed by atoms with Gasteiger partial charge in [0.15, 0.2) is 0 Å². The number of ether oxygens (including phenoxy) is 1. The summed E-state index contributed by atoms with van der Waals surface area (Å²) in [7, 11) is 0. The quantitative estimate of drug-likeness (QED) is 0.638. The third-order valence-corrected chi connectivity index (χ3v) is 4.47. The zero-order chi connectivity index (χ0) is 12.6. The maximum Gasteiger partial charge on any atom is 0.0590 e. The fraction of sp³-hybridized carbons (Fsp3) is 1.00. The van der Waals surface area contributed by atoms with Gasteiger partial charge in [-0.1, -0.05) is 19.8 Å². The van der Waals surface area contributed by atoms with Crippen LogP contribution in [0.2, 0.25) is 0 Å². The molecule has 18 heavy (non-hydrogen) atoms. The number of nitrogens with zero attached hydrogens (tertiary/aromatic N) is 1. The van der Waals surface area contributed by atoms with E-state index in [1.54, 1.807) is 0 Å². The highest BCUT2D eigenvalue weighted by atomic mass is 16.5. The molecule has 0 aromatic rings. The molecule has 1 aliphatic heterocycles. The molecule has 1 N–H and O–H groups in total. The van der Waals surface area contributed by atoms with Crippen molar-refractivity contribution < 1.29 is 4.74 Å². The monoisotopic (exact) mass is 254 g/mol. The summed E-state index contributed by atoms with van der Waals surface area (Å²) in [4.78, 5) is 2.65. The summed E-state index contributed by atoms with van der Waals surface area (Å²) in [5.74, 6) is 2.06. The molecule has 106 valence electrons. The molecule has 3 heteroatoms. The van der Waals surface area contributed by atoms with Crippen LogP contribution in [-0.2, 0) is 4.74 Å². The van der Waals surface area contributed by atoms with Crippen LogP contribution in [0.4, 0.5) is 0 Å². The lowest BCUT2D eigenvalue weighted by Crippen LogP contribution is -2.32. The molecule has 2 aliphatic rings. The van der Waals surface area contributed by atoms with Gasteiger partial charge in [-0.25, -0.2) is 0 Å². The lowest BCUT2D eigenvalue weighted by Gasteiger charge is -2.16. The number of fused-ring (bicyclic) bond motifs is 1.